The minimum absolute atomic E-state index is 0.0420. The number of nitrogens with one attached hydrogen (secondary N) is 1. The Balaban J connectivity index is 2.05. The first-order valence-corrected chi connectivity index (χ1v) is 6.36. The van der Waals surface area contributed by atoms with Crippen LogP contribution in [0.2, 0.25) is 0 Å². The van der Waals surface area contributed by atoms with E-state index in [1.807, 2.05) is 36.4 Å². The van der Waals surface area contributed by atoms with Crippen molar-refractivity contribution < 1.29 is 14.3 Å². The van der Waals surface area contributed by atoms with Gasteiger partial charge >= 0.3 is 0 Å². The van der Waals surface area contributed by atoms with Gasteiger partial charge < -0.3 is 14.8 Å². The summed E-state index contributed by atoms with van der Waals surface area (Å²) in [5, 5.41) is 2.86. The van der Waals surface area contributed by atoms with Crippen LogP contribution in [0.15, 0.2) is 36.4 Å². The van der Waals surface area contributed by atoms with Crippen LogP contribution in [-0.4, -0.2) is 20.1 Å². The number of methoxy groups -OCH3 is 2. The van der Waals surface area contributed by atoms with Gasteiger partial charge in [0, 0.05) is 11.8 Å². The highest BCUT2D eigenvalue weighted by Gasteiger charge is 2.18. The Morgan fingerprint density at radius 3 is 2.30 bits per heavy atom. The van der Waals surface area contributed by atoms with Crippen molar-refractivity contribution in [2.75, 3.05) is 19.5 Å². The van der Waals surface area contributed by atoms with Gasteiger partial charge in [0.1, 0.15) is 11.5 Å². The summed E-state index contributed by atoms with van der Waals surface area (Å²) in [6.45, 7) is 0. The van der Waals surface area contributed by atoms with E-state index in [1.165, 1.54) is 0 Å². The zero-order chi connectivity index (χ0) is 14.1. The third kappa shape index (κ3) is 2.20. The summed E-state index contributed by atoms with van der Waals surface area (Å²) in [5.74, 6) is 1.52. The van der Waals surface area contributed by atoms with Gasteiger partial charge in [-0.05, 0) is 34.9 Å². The Labute approximate surface area is 117 Å². The third-order valence-corrected chi connectivity index (χ3v) is 3.42. The van der Waals surface area contributed by atoms with Crippen molar-refractivity contribution in [3.63, 3.8) is 0 Å². The smallest absolute Gasteiger partial charge is 0.228 e. The van der Waals surface area contributed by atoms with Gasteiger partial charge in [-0.15, -0.1) is 0 Å². The fourth-order valence-electron chi connectivity index (χ4n) is 2.37. The van der Waals surface area contributed by atoms with Crippen LogP contribution in [0.25, 0.3) is 11.1 Å². The van der Waals surface area contributed by atoms with Gasteiger partial charge in [0.05, 0.1) is 20.6 Å². The Morgan fingerprint density at radius 1 is 0.950 bits per heavy atom. The minimum Gasteiger partial charge on any atom is -0.497 e. The lowest BCUT2D eigenvalue weighted by molar-refractivity contribution is -0.115. The molecule has 0 bridgehead atoms. The number of amides is 1. The SMILES string of the molecule is COc1cc(OC)cc(-c2ccc3c(c2)NC(=O)C3)c1. The van der Waals surface area contributed by atoms with Gasteiger partial charge in [-0.2, -0.15) is 0 Å². The first-order chi connectivity index (χ1) is 9.69. The quantitative estimate of drug-likeness (QED) is 0.932. The maximum atomic E-state index is 11.4. The Hall–Kier alpha value is -2.49. The van der Waals surface area contributed by atoms with E-state index in [0.29, 0.717) is 6.42 Å². The van der Waals surface area contributed by atoms with Crippen molar-refractivity contribution in [2.45, 2.75) is 6.42 Å². The van der Waals surface area contributed by atoms with Crippen LogP contribution < -0.4 is 14.8 Å². The lowest BCUT2D eigenvalue weighted by Crippen LogP contribution is -2.03. The number of ether oxygens (including phenoxy) is 2. The lowest BCUT2D eigenvalue weighted by Gasteiger charge is -2.09. The minimum atomic E-state index is 0.0420. The van der Waals surface area contributed by atoms with Crippen molar-refractivity contribution >= 4 is 11.6 Å². The summed E-state index contributed by atoms with van der Waals surface area (Å²) in [7, 11) is 3.25. The van der Waals surface area contributed by atoms with Gasteiger partial charge in [-0.1, -0.05) is 12.1 Å². The van der Waals surface area contributed by atoms with E-state index in [0.717, 1.165) is 33.9 Å². The number of benzene rings is 2. The van der Waals surface area contributed by atoms with Crippen LogP contribution in [0.4, 0.5) is 5.69 Å². The second-order valence-electron chi connectivity index (χ2n) is 4.70. The molecule has 0 spiro atoms. The summed E-state index contributed by atoms with van der Waals surface area (Å²) in [5.41, 5.74) is 3.93. The molecule has 4 nitrogen and oxygen atoms in total. The molecule has 2 aromatic carbocycles. The number of carbonyl (C=O) groups excluding carboxylic acids is 1. The summed E-state index contributed by atoms with van der Waals surface area (Å²) in [6.07, 6.45) is 0.455. The summed E-state index contributed by atoms with van der Waals surface area (Å²) >= 11 is 0. The van der Waals surface area contributed by atoms with Crippen LogP contribution in [0, 0.1) is 0 Å². The molecular formula is C16H15NO3. The van der Waals surface area contributed by atoms with E-state index in [4.69, 9.17) is 9.47 Å². The topological polar surface area (TPSA) is 47.6 Å². The first-order valence-electron chi connectivity index (χ1n) is 6.36. The molecule has 3 rings (SSSR count). The van der Waals surface area contributed by atoms with E-state index in [-0.39, 0.29) is 5.91 Å². The molecule has 1 N–H and O–H groups in total. The molecule has 1 aliphatic heterocycles. The number of fused-ring (bicyclic) bond motifs is 1. The Morgan fingerprint density at radius 2 is 1.65 bits per heavy atom. The first kappa shape index (κ1) is 12.5. The highest BCUT2D eigenvalue weighted by molar-refractivity contribution is 6.00. The number of rotatable bonds is 3. The van der Waals surface area contributed by atoms with Gasteiger partial charge in [-0.25, -0.2) is 0 Å². The monoisotopic (exact) mass is 269 g/mol. The van der Waals surface area contributed by atoms with Crippen LogP contribution in [0.1, 0.15) is 5.56 Å². The standard InChI is InChI=1S/C16H15NO3/c1-19-13-5-12(6-14(9-13)20-2)10-3-4-11-8-16(18)17-15(11)7-10/h3-7,9H,8H2,1-2H3,(H,17,18). The molecule has 1 aliphatic rings. The maximum absolute atomic E-state index is 11.4. The van der Waals surface area contributed by atoms with Gasteiger partial charge in [0.15, 0.2) is 0 Å². The van der Waals surface area contributed by atoms with E-state index in [1.54, 1.807) is 14.2 Å². The average Bonchev–Trinajstić information content (AvgIpc) is 2.85. The predicted molar refractivity (Wildman–Crippen MR) is 77.3 cm³/mol. The van der Waals surface area contributed by atoms with E-state index < -0.39 is 0 Å². The third-order valence-electron chi connectivity index (χ3n) is 3.42. The van der Waals surface area contributed by atoms with Gasteiger partial charge in [0.2, 0.25) is 5.91 Å². The molecule has 0 atom stereocenters. The number of hydrogen-bond acceptors (Lipinski definition) is 3. The van der Waals surface area contributed by atoms with Crippen molar-refractivity contribution in [1.82, 2.24) is 0 Å². The zero-order valence-electron chi connectivity index (χ0n) is 11.4. The number of carbonyl (C=O) groups is 1. The fraction of sp³-hybridized carbons (Fsp3) is 0.188. The molecule has 102 valence electrons. The maximum Gasteiger partial charge on any atom is 0.228 e. The van der Waals surface area contributed by atoms with Crippen LogP contribution >= 0.6 is 0 Å². The molecule has 20 heavy (non-hydrogen) atoms. The molecular weight excluding hydrogens is 254 g/mol. The Bertz CT molecular complexity index is 657. The van der Waals surface area contributed by atoms with Crippen molar-refractivity contribution in [2.24, 2.45) is 0 Å². The molecule has 0 unspecified atom stereocenters. The van der Waals surface area contributed by atoms with Crippen molar-refractivity contribution in [1.29, 1.82) is 0 Å². The van der Waals surface area contributed by atoms with Crippen LogP contribution in [-0.2, 0) is 11.2 Å². The normalized spacial score (nSPS) is 12.8. The second kappa shape index (κ2) is 4.89. The molecule has 0 saturated heterocycles. The fourth-order valence-corrected chi connectivity index (χ4v) is 2.37. The highest BCUT2D eigenvalue weighted by Crippen LogP contribution is 2.33. The van der Waals surface area contributed by atoms with Crippen molar-refractivity contribution in [3.8, 4) is 22.6 Å². The lowest BCUT2D eigenvalue weighted by atomic mass is 10.0. The number of hydrogen-bond donors (Lipinski definition) is 1. The highest BCUT2D eigenvalue weighted by atomic mass is 16.5. The molecule has 2 aromatic rings. The molecule has 4 heteroatoms. The van der Waals surface area contributed by atoms with E-state index in [2.05, 4.69) is 5.32 Å². The van der Waals surface area contributed by atoms with Crippen LogP contribution in [0.3, 0.4) is 0 Å². The molecule has 0 radical (unpaired) electrons. The molecule has 0 saturated carbocycles. The average molecular weight is 269 g/mol. The molecule has 1 heterocycles. The molecule has 0 fully saturated rings. The molecule has 0 aliphatic carbocycles. The Kier molecular flexibility index (Phi) is 3.06. The predicted octanol–water partition coefficient (Wildman–Crippen LogP) is 2.87. The number of anilines is 1. The van der Waals surface area contributed by atoms with Crippen LogP contribution in [0.5, 0.6) is 11.5 Å². The summed E-state index contributed by atoms with van der Waals surface area (Å²) in [4.78, 5) is 11.4. The van der Waals surface area contributed by atoms with Gasteiger partial charge in [0.25, 0.3) is 0 Å². The summed E-state index contributed by atoms with van der Waals surface area (Å²) < 4.78 is 10.6. The largest absolute Gasteiger partial charge is 0.497 e. The zero-order valence-corrected chi connectivity index (χ0v) is 11.4. The second-order valence-corrected chi connectivity index (χ2v) is 4.70. The molecule has 0 aromatic heterocycles. The van der Waals surface area contributed by atoms with Crippen molar-refractivity contribution in [3.05, 3.63) is 42.0 Å². The van der Waals surface area contributed by atoms with E-state index >= 15 is 0 Å². The van der Waals surface area contributed by atoms with E-state index in [9.17, 15) is 4.79 Å². The summed E-state index contributed by atoms with van der Waals surface area (Å²) in [6, 6.07) is 11.7. The molecule has 1 amide bonds. The van der Waals surface area contributed by atoms with Gasteiger partial charge in [-0.3, -0.25) is 4.79 Å².